The predicted molar refractivity (Wildman–Crippen MR) is 112 cm³/mol. The highest BCUT2D eigenvalue weighted by molar-refractivity contribution is 9.10. The van der Waals surface area contributed by atoms with Gasteiger partial charge in [0, 0.05) is 5.02 Å². The quantitative estimate of drug-likeness (QED) is 0.523. The van der Waals surface area contributed by atoms with Crippen LogP contribution in [0.1, 0.15) is 12.5 Å². The predicted octanol–water partition coefficient (Wildman–Crippen LogP) is 5.75. The lowest BCUT2D eigenvalue weighted by molar-refractivity contribution is -0.113. The number of ether oxygens (including phenoxy) is 2. The number of methoxy groups -OCH3 is 1. The Balaban J connectivity index is 1.95. The molecule has 140 valence electrons. The first-order valence-corrected chi connectivity index (χ1v) is 9.97. The summed E-state index contributed by atoms with van der Waals surface area (Å²) in [7, 11) is 1.56. The molecule has 27 heavy (non-hydrogen) atoms. The number of rotatable bonds is 5. The van der Waals surface area contributed by atoms with Gasteiger partial charge in [0.15, 0.2) is 11.5 Å². The van der Waals surface area contributed by atoms with Gasteiger partial charge in [0.1, 0.15) is 0 Å². The molecule has 3 rings (SSSR count). The molecule has 0 bridgehead atoms. The van der Waals surface area contributed by atoms with Crippen LogP contribution in [0.3, 0.4) is 0 Å². The summed E-state index contributed by atoms with van der Waals surface area (Å²) >= 11 is 10.2. The van der Waals surface area contributed by atoms with E-state index in [9.17, 15) is 9.59 Å². The van der Waals surface area contributed by atoms with E-state index in [1.165, 1.54) is 0 Å². The van der Waals surface area contributed by atoms with Gasteiger partial charge in [-0.1, -0.05) is 11.6 Å². The number of amides is 2. The highest BCUT2D eigenvalue weighted by atomic mass is 79.9. The Kier molecular flexibility index (Phi) is 6.14. The molecule has 8 heteroatoms. The van der Waals surface area contributed by atoms with Gasteiger partial charge in [0.25, 0.3) is 11.1 Å². The van der Waals surface area contributed by atoms with Crippen molar-refractivity contribution in [2.75, 3.05) is 18.6 Å². The Morgan fingerprint density at radius 1 is 1.22 bits per heavy atom. The zero-order chi connectivity index (χ0) is 19.6. The van der Waals surface area contributed by atoms with Gasteiger partial charge in [-0.25, -0.2) is 4.90 Å². The molecule has 2 aromatic carbocycles. The van der Waals surface area contributed by atoms with Crippen LogP contribution in [-0.4, -0.2) is 24.9 Å². The minimum Gasteiger partial charge on any atom is -0.492 e. The third-order valence-corrected chi connectivity index (χ3v) is 5.42. The molecule has 1 fully saturated rings. The number of thioether (sulfide) groups is 1. The van der Waals surface area contributed by atoms with Crippen LogP contribution in [0.25, 0.3) is 6.08 Å². The number of anilines is 1. The zero-order valence-electron chi connectivity index (χ0n) is 14.5. The van der Waals surface area contributed by atoms with Crippen LogP contribution in [-0.2, 0) is 4.79 Å². The molecule has 1 heterocycles. The van der Waals surface area contributed by atoms with Crippen molar-refractivity contribution in [1.29, 1.82) is 0 Å². The maximum absolute atomic E-state index is 12.7. The third-order valence-electron chi connectivity index (χ3n) is 3.71. The van der Waals surface area contributed by atoms with Gasteiger partial charge >= 0.3 is 0 Å². The number of imide groups is 1. The van der Waals surface area contributed by atoms with Crippen LogP contribution in [0, 0.1) is 0 Å². The van der Waals surface area contributed by atoms with Crippen LogP contribution in [0.4, 0.5) is 10.5 Å². The molecular weight excluding hydrogens is 454 g/mol. The molecular formula is C19H15BrClNO4S. The summed E-state index contributed by atoms with van der Waals surface area (Å²) in [6, 6.07) is 10.1. The molecule has 0 aliphatic carbocycles. The first-order chi connectivity index (χ1) is 12.9. The number of hydrogen-bond acceptors (Lipinski definition) is 5. The van der Waals surface area contributed by atoms with Crippen LogP contribution in [0.15, 0.2) is 45.8 Å². The van der Waals surface area contributed by atoms with E-state index in [-0.39, 0.29) is 11.1 Å². The number of halogens is 2. The first kappa shape index (κ1) is 19.8. The molecule has 0 N–H and O–H groups in total. The summed E-state index contributed by atoms with van der Waals surface area (Å²) in [5, 5.41) is 0.180. The molecule has 2 aromatic rings. The van der Waals surface area contributed by atoms with Crippen molar-refractivity contribution in [2.45, 2.75) is 6.92 Å². The van der Waals surface area contributed by atoms with Gasteiger partial charge in [-0.15, -0.1) is 0 Å². The Morgan fingerprint density at radius 3 is 2.56 bits per heavy atom. The minimum absolute atomic E-state index is 0.328. The fourth-order valence-electron chi connectivity index (χ4n) is 2.56. The van der Waals surface area contributed by atoms with E-state index < -0.39 is 0 Å². The van der Waals surface area contributed by atoms with Crippen molar-refractivity contribution in [2.24, 2.45) is 0 Å². The number of hydrogen-bond donors (Lipinski definition) is 0. The van der Waals surface area contributed by atoms with Crippen LogP contribution in [0.5, 0.6) is 11.5 Å². The molecule has 0 aromatic heterocycles. The second-order valence-corrected chi connectivity index (χ2v) is 7.74. The largest absolute Gasteiger partial charge is 0.492 e. The number of carbonyl (C=O) groups excluding carboxylic acids is 2. The van der Waals surface area contributed by atoms with Crippen molar-refractivity contribution >= 4 is 62.2 Å². The molecule has 2 amide bonds. The van der Waals surface area contributed by atoms with Gasteiger partial charge in [-0.2, -0.15) is 0 Å². The van der Waals surface area contributed by atoms with Gasteiger partial charge in [0.05, 0.1) is 28.8 Å². The Hall–Kier alpha value is -1.96. The lowest BCUT2D eigenvalue weighted by atomic mass is 10.1. The molecule has 5 nitrogen and oxygen atoms in total. The molecule has 0 spiro atoms. The van der Waals surface area contributed by atoms with E-state index in [1.54, 1.807) is 49.6 Å². The Labute approximate surface area is 174 Å². The normalized spacial score (nSPS) is 15.6. The summed E-state index contributed by atoms with van der Waals surface area (Å²) in [6.45, 7) is 2.34. The maximum Gasteiger partial charge on any atom is 0.298 e. The van der Waals surface area contributed by atoms with Crippen molar-refractivity contribution in [3.63, 3.8) is 0 Å². The first-order valence-electron chi connectivity index (χ1n) is 7.98. The summed E-state index contributed by atoms with van der Waals surface area (Å²) in [5.74, 6) is 0.748. The smallest absolute Gasteiger partial charge is 0.298 e. The summed E-state index contributed by atoms with van der Waals surface area (Å²) in [6.07, 6.45) is 1.66. The molecule has 1 aliphatic rings. The maximum atomic E-state index is 12.7. The second-order valence-electron chi connectivity index (χ2n) is 5.46. The third kappa shape index (κ3) is 4.15. The standard InChI is InChI=1S/C19H15BrClNO4S/c1-3-26-15-9-11(8-14(20)17(15)25-2)10-16-18(23)22(19(24)27-16)13-6-4-12(21)5-7-13/h4-10H,3H2,1-2H3/b16-10-. The van der Waals surface area contributed by atoms with E-state index >= 15 is 0 Å². The van der Waals surface area contributed by atoms with Crippen LogP contribution < -0.4 is 14.4 Å². The molecule has 0 unspecified atom stereocenters. The lowest BCUT2D eigenvalue weighted by Crippen LogP contribution is -2.27. The SMILES string of the molecule is CCOc1cc(/C=C2\SC(=O)N(c3ccc(Cl)cc3)C2=O)cc(Br)c1OC. The van der Waals surface area contributed by atoms with Crippen molar-refractivity contribution in [3.05, 3.63) is 56.4 Å². The second kappa shape index (κ2) is 8.37. The number of carbonyl (C=O) groups is 2. The number of benzene rings is 2. The van der Waals surface area contributed by atoms with Gasteiger partial charge < -0.3 is 9.47 Å². The molecule has 0 saturated carbocycles. The highest BCUT2D eigenvalue weighted by Gasteiger charge is 2.36. The molecule has 1 saturated heterocycles. The lowest BCUT2D eigenvalue weighted by Gasteiger charge is -2.13. The van der Waals surface area contributed by atoms with E-state index in [0.717, 1.165) is 16.7 Å². The van der Waals surface area contributed by atoms with Gasteiger partial charge in [-0.3, -0.25) is 9.59 Å². The minimum atomic E-state index is -0.378. The van der Waals surface area contributed by atoms with E-state index in [0.29, 0.717) is 43.8 Å². The molecule has 0 radical (unpaired) electrons. The van der Waals surface area contributed by atoms with E-state index in [2.05, 4.69) is 15.9 Å². The van der Waals surface area contributed by atoms with Crippen molar-refractivity contribution in [1.82, 2.24) is 0 Å². The number of nitrogens with zero attached hydrogens (tertiary/aromatic N) is 1. The topological polar surface area (TPSA) is 55.8 Å². The Bertz CT molecular complexity index is 930. The molecule has 0 atom stereocenters. The fourth-order valence-corrected chi connectivity index (χ4v) is 4.15. The monoisotopic (exact) mass is 467 g/mol. The summed E-state index contributed by atoms with van der Waals surface area (Å²) in [5.41, 5.74) is 1.20. The van der Waals surface area contributed by atoms with Crippen molar-refractivity contribution in [3.8, 4) is 11.5 Å². The summed E-state index contributed by atoms with van der Waals surface area (Å²) in [4.78, 5) is 26.5. The molecule has 1 aliphatic heterocycles. The highest BCUT2D eigenvalue weighted by Crippen LogP contribution is 2.40. The van der Waals surface area contributed by atoms with E-state index in [1.807, 2.05) is 6.92 Å². The van der Waals surface area contributed by atoms with Gasteiger partial charge in [0.2, 0.25) is 0 Å². The Morgan fingerprint density at radius 2 is 1.93 bits per heavy atom. The average molecular weight is 469 g/mol. The van der Waals surface area contributed by atoms with E-state index in [4.69, 9.17) is 21.1 Å². The average Bonchev–Trinajstić information content (AvgIpc) is 2.90. The van der Waals surface area contributed by atoms with Crippen molar-refractivity contribution < 1.29 is 19.1 Å². The summed E-state index contributed by atoms with van der Waals surface area (Å²) < 4.78 is 11.6. The fraction of sp³-hybridized carbons (Fsp3) is 0.158. The zero-order valence-corrected chi connectivity index (χ0v) is 17.7. The van der Waals surface area contributed by atoms with Gasteiger partial charge in [-0.05, 0) is 82.7 Å². The van der Waals surface area contributed by atoms with Crippen LogP contribution >= 0.6 is 39.3 Å². The van der Waals surface area contributed by atoms with Crippen LogP contribution in [0.2, 0.25) is 5.02 Å².